The Kier molecular flexibility index (Phi) is 4.83. The van der Waals surface area contributed by atoms with Gasteiger partial charge in [-0.1, -0.05) is 11.6 Å². The Morgan fingerprint density at radius 1 is 1.17 bits per heavy atom. The van der Waals surface area contributed by atoms with Gasteiger partial charge in [-0.3, -0.25) is 4.98 Å². The molecule has 3 aromatic rings. The maximum absolute atomic E-state index is 10.5. The summed E-state index contributed by atoms with van der Waals surface area (Å²) in [5, 5.41) is 8.05. The van der Waals surface area contributed by atoms with Crippen molar-refractivity contribution >= 4 is 34.1 Å². The van der Waals surface area contributed by atoms with Gasteiger partial charge in [0.2, 0.25) is 0 Å². The molecule has 23 heavy (non-hydrogen) atoms. The van der Waals surface area contributed by atoms with Crippen molar-refractivity contribution in [2.45, 2.75) is 19.4 Å². The van der Waals surface area contributed by atoms with Crippen LogP contribution >= 0.6 is 11.6 Å². The van der Waals surface area contributed by atoms with E-state index in [1.807, 2.05) is 24.3 Å². The SMILES string of the molecule is O=Nc1nccn1CCCCNc1ccnc2cc(Cl)ccc12. The summed E-state index contributed by atoms with van der Waals surface area (Å²) in [6.07, 6.45) is 7.02. The number of hydrogen-bond donors (Lipinski definition) is 1. The number of anilines is 1. The van der Waals surface area contributed by atoms with Gasteiger partial charge in [0.1, 0.15) is 0 Å². The molecule has 0 bridgehead atoms. The smallest absolute Gasteiger partial charge is 0.271 e. The van der Waals surface area contributed by atoms with Gasteiger partial charge in [-0.2, -0.15) is 0 Å². The summed E-state index contributed by atoms with van der Waals surface area (Å²) < 4.78 is 1.76. The molecule has 0 spiro atoms. The van der Waals surface area contributed by atoms with Crippen molar-refractivity contribution in [1.29, 1.82) is 0 Å². The van der Waals surface area contributed by atoms with Gasteiger partial charge in [0.25, 0.3) is 5.95 Å². The summed E-state index contributed by atoms with van der Waals surface area (Å²) in [4.78, 5) is 18.7. The molecule has 0 aliphatic heterocycles. The number of halogens is 1. The number of nitroso groups, excluding NO2 is 1. The minimum Gasteiger partial charge on any atom is -0.384 e. The lowest BCUT2D eigenvalue weighted by Gasteiger charge is -2.10. The first-order chi connectivity index (χ1) is 11.3. The molecule has 6 nitrogen and oxygen atoms in total. The van der Waals surface area contributed by atoms with Crippen LogP contribution in [0.15, 0.2) is 48.0 Å². The van der Waals surface area contributed by atoms with Crippen LogP contribution in [0.4, 0.5) is 11.6 Å². The van der Waals surface area contributed by atoms with Crippen molar-refractivity contribution in [2.75, 3.05) is 11.9 Å². The molecule has 2 aromatic heterocycles. The average Bonchev–Trinajstić information content (AvgIpc) is 3.01. The van der Waals surface area contributed by atoms with E-state index in [-0.39, 0.29) is 5.95 Å². The van der Waals surface area contributed by atoms with Gasteiger partial charge in [0, 0.05) is 53.0 Å². The average molecular weight is 330 g/mol. The fourth-order valence-corrected chi connectivity index (χ4v) is 2.64. The number of nitrogens with one attached hydrogen (secondary N) is 1. The highest BCUT2D eigenvalue weighted by atomic mass is 35.5. The molecule has 7 heteroatoms. The Balaban J connectivity index is 1.54. The predicted molar refractivity (Wildman–Crippen MR) is 92.2 cm³/mol. The number of aromatic nitrogens is 3. The largest absolute Gasteiger partial charge is 0.384 e. The fourth-order valence-electron chi connectivity index (χ4n) is 2.48. The zero-order valence-electron chi connectivity index (χ0n) is 12.4. The van der Waals surface area contributed by atoms with Gasteiger partial charge < -0.3 is 9.88 Å². The molecular weight excluding hydrogens is 314 g/mol. The molecule has 0 aliphatic carbocycles. The number of benzene rings is 1. The van der Waals surface area contributed by atoms with E-state index in [2.05, 4.69) is 20.5 Å². The first kappa shape index (κ1) is 15.4. The van der Waals surface area contributed by atoms with Crippen LogP contribution in [0.25, 0.3) is 10.9 Å². The van der Waals surface area contributed by atoms with Crippen LogP contribution in [0.5, 0.6) is 0 Å². The third-order valence-electron chi connectivity index (χ3n) is 3.62. The molecule has 0 aliphatic rings. The molecule has 0 saturated heterocycles. The molecule has 118 valence electrons. The minimum atomic E-state index is 0.231. The lowest BCUT2D eigenvalue weighted by Crippen LogP contribution is -2.04. The zero-order chi connectivity index (χ0) is 16.1. The summed E-state index contributed by atoms with van der Waals surface area (Å²) in [6, 6.07) is 7.65. The van der Waals surface area contributed by atoms with E-state index < -0.39 is 0 Å². The van der Waals surface area contributed by atoms with Gasteiger partial charge in [-0.15, -0.1) is 4.91 Å². The summed E-state index contributed by atoms with van der Waals surface area (Å²) in [5.74, 6) is 0.231. The standard InChI is InChI=1S/C16H16ClN5O/c17-12-3-4-13-14(5-7-19-15(13)11-12)18-6-1-2-9-22-10-8-20-16(22)21-23/h3-5,7-8,10-11H,1-2,6,9H2,(H,18,19). The van der Waals surface area contributed by atoms with Crippen LogP contribution in [0, 0.1) is 4.91 Å². The Hall–Kier alpha value is -2.47. The van der Waals surface area contributed by atoms with Gasteiger partial charge in [-0.25, -0.2) is 4.98 Å². The molecular formula is C16H16ClN5O. The summed E-state index contributed by atoms with van der Waals surface area (Å²) >= 11 is 5.99. The van der Waals surface area contributed by atoms with E-state index in [1.165, 1.54) is 0 Å². The number of nitrogens with zero attached hydrogens (tertiary/aromatic N) is 4. The first-order valence-corrected chi connectivity index (χ1v) is 7.78. The molecule has 3 rings (SSSR count). The van der Waals surface area contributed by atoms with Gasteiger partial charge >= 0.3 is 0 Å². The number of hydrogen-bond acceptors (Lipinski definition) is 5. The van der Waals surface area contributed by atoms with E-state index >= 15 is 0 Å². The Morgan fingerprint density at radius 3 is 2.96 bits per heavy atom. The molecule has 0 amide bonds. The second kappa shape index (κ2) is 7.19. The fraction of sp³-hybridized carbons (Fsp3) is 0.250. The lowest BCUT2D eigenvalue weighted by molar-refractivity contribution is 0.624. The Morgan fingerprint density at radius 2 is 2.09 bits per heavy atom. The molecule has 1 N–H and O–H groups in total. The van der Waals surface area contributed by atoms with Crippen LogP contribution in [0.2, 0.25) is 5.02 Å². The topological polar surface area (TPSA) is 72.2 Å². The second-order valence-electron chi connectivity index (χ2n) is 5.17. The quantitative estimate of drug-likeness (QED) is 0.516. The van der Waals surface area contributed by atoms with E-state index in [0.29, 0.717) is 5.02 Å². The van der Waals surface area contributed by atoms with E-state index in [4.69, 9.17) is 11.6 Å². The monoisotopic (exact) mass is 329 g/mol. The number of fused-ring (bicyclic) bond motifs is 1. The van der Waals surface area contributed by atoms with Crippen LogP contribution in [0.1, 0.15) is 12.8 Å². The molecule has 0 unspecified atom stereocenters. The van der Waals surface area contributed by atoms with E-state index in [1.54, 1.807) is 23.2 Å². The molecule has 0 saturated carbocycles. The van der Waals surface area contributed by atoms with E-state index in [9.17, 15) is 4.91 Å². The molecule has 0 fully saturated rings. The Bertz CT molecular complexity index is 817. The Labute approximate surface area is 138 Å². The predicted octanol–water partition coefficient (Wildman–Crippen LogP) is 4.37. The number of imidazole rings is 1. The number of unbranched alkanes of at least 4 members (excludes halogenated alkanes) is 1. The van der Waals surface area contributed by atoms with Crippen molar-refractivity contribution < 1.29 is 0 Å². The number of pyridine rings is 1. The third kappa shape index (κ3) is 3.65. The van der Waals surface area contributed by atoms with Crippen molar-refractivity contribution in [1.82, 2.24) is 14.5 Å². The third-order valence-corrected chi connectivity index (χ3v) is 3.86. The second-order valence-corrected chi connectivity index (χ2v) is 5.60. The van der Waals surface area contributed by atoms with Gasteiger partial charge in [0.05, 0.1) is 5.52 Å². The normalized spacial score (nSPS) is 10.8. The van der Waals surface area contributed by atoms with Crippen LogP contribution in [-0.2, 0) is 6.54 Å². The summed E-state index contributed by atoms with van der Waals surface area (Å²) in [7, 11) is 0. The molecule has 2 heterocycles. The highest BCUT2D eigenvalue weighted by molar-refractivity contribution is 6.31. The number of aryl methyl sites for hydroxylation is 1. The van der Waals surface area contributed by atoms with Crippen LogP contribution < -0.4 is 5.32 Å². The van der Waals surface area contributed by atoms with Crippen molar-refractivity contribution in [3.8, 4) is 0 Å². The highest BCUT2D eigenvalue weighted by Gasteiger charge is 2.03. The zero-order valence-corrected chi connectivity index (χ0v) is 13.2. The summed E-state index contributed by atoms with van der Waals surface area (Å²) in [5.41, 5.74) is 1.92. The van der Waals surface area contributed by atoms with E-state index in [0.717, 1.165) is 42.5 Å². The lowest BCUT2D eigenvalue weighted by atomic mass is 10.2. The number of rotatable bonds is 7. The van der Waals surface area contributed by atoms with Gasteiger partial charge in [0.15, 0.2) is 0 Å². The minimum absolute atomic E-state index is 0.231. The van der Waals surface area contributed by atoms with Gasteiger partial charge in [-0.05, 0) is 37.1 Å². The maximum atomic E-state index is 10.5. The molecule has 1 aromatic carbocycles. The van der Waals surface area contributed by atoms with Crippen molar-refractivity contribution in [3.63, 3.8) is 0 Å². The highest BCUT2D eigenvalue weighted by Crippen LogP contribution is 2.24. The first-order valence-electron chi connectivity index (χ1n) is 7.40. The van der Waals surface area contributed by atoms with Crippen molar-refractivity contribution in [3.05, 3.63) is 52.8 Å². The molecule has 0 radical (unpaired) electrons. The van der Waals surface area contributed by atoms with Crippen LogP contribution in [0.3, 0.4) is 0 Å². The van der Waals surface area contributed by atoms with Crippen LogP contribution in [-0.4, -0.2) is 21.1 Å². The van der Waals surface area contributed by atoms with Crippen molar-refractivity contribution in [2.24, 2.45) is 5.18 Å². The molecule has 0 atom stereocenters. The summed E-state index contributed by atoms with van der Waals surface area (Å²) in [6.45, 7) is 1.57. The maximum Gasteiger partial charge on any atom is 0.271 e.